The van der Waals surface area contributed by atoms with Crippen LogP contribution in [0.25, 0.3) is 11.0 Å². The number of anilines is 1. The lowest BCUT2D eigenvalue weighted by Crippen LogP contribution is -2.63. The molecule has 7 nitrogen and oxygen atoms in total. The number of nitrogens with zero attached hydrogens (tertiary/aromatic N) is 1. The first-order chi connectivity index (χ1) is 19.0. The standard InChI is InChI=1S/C29H29F4N3O4/c1-17-19-7-3-4-8-24(19)40-25(17)26(38)35-28(12-5-2-6-13-28)27(39)34-21-11-14-36(16-23(21)37)22-15-18(30)9-10-20(22)29(31,32)33/h3-4,7-10,15,21H,2,5-6,11-14,16H2,1H3,(H,34,39)(H,35,38). The molecule has 2 aromatic carbocycles. The van der Waals surface area contributed by atoms with Gasteiger partial charge in [0.25, 0.3) is 5.91 Å². The summed E-state index contributed by atoms with van der Waals surface area (Å²) in [5.74, 6) is -2.28. The van der Waals surface area contributed by atoms with Crippen molar-refractivity contribution in [1.82, 2.24) is 10.6 Å². The predicted molar refractivity (Wildman–Crippen MR) is 139 cm³/mol. The van der Waals surface area contributed by atoms with Crippen LogP contribution in [0.4, 0.5) is 23.2 Å². The van der Waals surface area contributed by atoms with Gasteiger partial charge in [-0.15, -0.1) is 0 Å². The van der Waals surface area contributed by atoms with E-state index in [2.05, 4.69) is 10.6 Å². The highest BCUT2D eigenvalue weighted by molar-refractivity contribution is 6.03. The fraction of sp³-hybridized carbons (Fsp3) is 0.414. The molecule has 1 atom stereocenters. The number of fused-ring (bicyclic) bond motifs is 1. The summed E-state index contributed by atoms with van der Waals surface area (Å²) in [5.41, 5.74) is -1.50. The summed E-state index contributed by atoms with van der Waals surface area (Å²) >= 11 is 0. The lowest BCUT2D eigenvalue weighted by atomic mass is 9.80. The van der Waals surface area contributed by atoms with Crippen molar-refractivity contribution in [2.45, 2.75) is 63.2 Å². The van der Waals surface area contributed by atoms with Gasteiger partial charge in [0, 0.05) is 17.5 Å². The molecule has 2 heterocycles. The maximum Gasteiger partial charge on any atom is 0.418 e. The van der Waals surface area contributed by atoms with Crippen LogP contribution in [-0.2, 0) is 15.8 Å². The van der Waals surface area contributed by atoms with Gasteiger partial charge in [0.1, 0.15) is 16.9 Å². The second-order valence-corrected chi connectivity index (χ2v) is 10.5. The third-order valence-corrected chi connectivity index (χ3v) is 7.88. The number of furan rings is 1. The normalized spacial score (nSPS) is 19.5. The van der Waals surface area contributed by atoms with Gasteiger partial charge in [-0.2, -0.15) is 13.2 Å². The molecular weight excluding hydrogens is 530 g/mol. The molecule has 212 valence electrons. The SMILES string of the molecule is Cc1c(C(=O)NC2(C(=O)NC3CCN(c4cc(F)ccc4C(F)(F)F)CC3=O)CCCCC2)oc2ccccc12. The zero-order chi connectivity index (χ0) is 28.7. The molecule has 11 heteroatoms. The molecule has 2 fully saturated rings. The highest BCUT2D eigenvalue weighted by Gasteiger charge is 2.44. The molecule has 2 amide bonds. The molecule has 1 unspecified atom stereocenters. The summed E-state index contributed by atoms with van der Waals surface area (Å²) in [6.07, 6.45) is -1.67. The van der Waals surface area contributed by atoms with E-state index in [0.29, 0.717) is 42.9 Å². The van der Waals surface area contributed by atoms with Crippen molar-refractivity contribution >= 4 is 34.3 Å². The topological polar surface area (TPSA) is 91.7 Å². The van der Waals surface area contributed by atoms with Crippen LogP contribution in [0.2, 0.25) is 0 Å². The molecule has 5 rings (SSSR count). The predicted octanol–water partition coefficient (Wildman–Crippen LogP) is 5.30. The molecule has 1 aromatic heterocycles. The summed E-state index contributed by atoms with van der Waals surface area (Å²) in [7, 11) is 0. The Balaban J connectivity index is 1.31. The Morgan fingerprint density at radius 1 is 1.07 bits per heavy atom. The quantitative estimate of drug-likeness (QED) is 0.415. The average Bonchev–Trinajstić information content (AvgIpc) is 3.26. The highest BCUT2D eigenvalue weighted by Crippen LogP contribution is 2.38. The van der Waals surface area contributed by atoms with Gasteiger partial charge >= 0.3 is 6.18 Å². The molecule has 2 N–H and O–H groups in total. The summed E-state index contributed by atoms with van der Waals surface area (Å²) in [6.45, 7) is 1.35. The van der Waals surface area contributed by atoms with Gasteiger partial charge in [0.2, 0.25) is 5.91 Å². The fourth-order valence-corrected chi connectivity index (χ4v) is 5.71. The van der Waals surface area contributed by atoms with Gasteiger partial charge in [-0.3, -0.25) is 14.4 Å². The van der Waals surface area contributed by atoms with Crippen LogP contribution in [0, 0.1) is 12.7 Å². The molecular formula is C29H29F4N3O4. The Morgan fingerprint density at radius 2 is 1.80 bits per heavy atom. The van der Waals surface area contributed by atoms with E-state index in [-0.39, 0.29) is 18.7 Å². The summed E-state index contributed by atoms with van der Waals surface area (Å²) in [6, 6.07) is 8.42. The number of carbonyl (C=O) groups excluding carboxylic acids is 3. The summed E-state index contributed by atoms with van der Waals surface area (Å²) in [5, 5.41) is 6.43. The van der Waals surface area contributed by atoms with Crippen LogP contribution in [0.3, 0.4) is 0 Å². The fourth-order valence-electron chi connectivity index (χ4n) is 5.71. The number of rotatable bonds is 5. The van der Waals surface area contributed by atoms with E-state index in [1.165, 1.54) is 4.90 Å². The largest absolute Gasteiger partial charge is 0.451 e. The lowest BCUT2D eigenvalue weighted by Gasteiger charge is -2.39. The van der Waals surface area contributed by atoms with Crippen molar-refractivity contribution in [3.05, 3.63) is 65.2 Å². The number of halogens is 4. The van der Waals surface area contributed by atoms with Gasteiger partial charge in [-0.05, 0) is 50.5 Å². The highest BCUT2D eigenvalue weighted by atomic mass is 19.4. The van der Waals surface area contributed by atoms with E-state index >= 15 is 0 Å². The second kappa shape index (κ2) is 10.6. The first-order valence-corrected chi connectivity index (χ1v) is 13.2. The van der Waals surface area contributed by atoms with Crippen molar-refractivity contribution in [3.8, 4) is 0 Å². The van der Waals surface area contributed by atoms with Gasteiger partial charge in [0.15, 0.2) is 11.5 Å². The monoisotopic (exact) mass is 559 g/mol. The Hall–Kier alpha value is -3.89. The van der Waals surface area contributed by atoms with E-state index in [1.54, 1.807) is 19.1 Å². The van der Waals surface area contributed by atoms with Gasteiger partial charge in [0.05, 0.1) is 23.8 Å². The molecule has 1 aliphatic carbocycles. The van der Waals surface area contributed by atoms with Crippen molar-refractivity contribution in [2.24, 2.45) is 0 Å². The van der Waals surface area contributed by atoms with Crippen LogP contribution in [0.15, 0.2) is 46.9 Å². The van der Waals surface area contributed by atoms with E-state index < -0.39 is 59.0 Å². The van der Waals surface area contributed by atoms with Crippen molar-refractivity contribution in [2.75, 3.05) is 18.0 Å². The molecule has 3 aromatic rings. The smallest absolute Gasteiger partial charge is 0.418 e. The van der Waals surface area contributed by atoms with E-state index in [1.807, 2.05) is 12.1 Å². The maximum atomic E-state index is 13.8. The average molecular weight is 560 g/mol. The van der Waals surface area contributed by atoms with E-state index in [9.17, 15) is 31.9 Å². The number of Topliss-reactive ketones (excluding diaryl/α,β-unsaturated/α-hetero) is 1. The number of nitrogens with one attached hydrogen (secondary N) is 2. The summed E-state index contributed by atoms with van der Waals surface area (Å²) < 4.78 is 60.1. The zero-order valence-corrected chi connectivity index (χ0v) is 21.9. The number of alkyl halides is 3. The van der Waals surface area contributed by atoms with Crippen LogP contribution >= 0.6 is 0 Å². The first kappa shape index (κ1) is 27.7. The third kappa shape index (κ3) is 5.29. The Kier molecular flexibility index (Phi) is 7.32. The van der Waals surface area contributed by atoms with Gasteiger partial charge in [-0.25, -0.2) is 4.39 Å². The van der Waals surface area contributed by atoms with Crippen LogP contribution in [0.5, 0.6) is 0 Å². The van der Waals surface area contributed by atoms with Crippen molar-refractivity contribution in [3.63, 3.8) is 0 Å². The molecule has 1 aliphatic heterocycles. The molecule has 0 bridgehead atoms. The summed E-state index contributed by atoms with van der Waals surface area (Å²) in [4.78, 5) is 41.1. The minimum absolute atomic E-state index is 0.000752. The number of hydrogen-bond donors (Lipinski definition) is 2. The lowest BCUT2D eigenvalue weighted by molar-refractivity contribution is -0.137. The third-order valence-electron chi connectivity index (χ3n) is 7.88. The van der Waals surface area contributed by atoms with Crippen molar-refractivity contribution < 1.29 is 36.4 Å². The number of carbonyl (C=O) groups is 3. The Labute approximate surface area is 227 Å². The Morgan fingerprint density at radius 3 is 2.48 bits per heavy atom. The number of piperidine rings is 1. The maximum absolute atomic E-state index is 13.8. The second-order valence-electron chi connectivity index (χ2n) is 10.5. The van der Waals surface area contributed by atoms with Crippen LogP contribution < -0.4 is 15.5 Å². The number of para-hydroxylation sites is 1. The van der Waals surface area contributed by atoms with E-state index in [0.717, 1.165) is 23.9 Å². The first-order valence-electron chi connectivity index (χ1n) is 13.2. The number of benzene rings is 2. The molecule has 2 aliphatic rings. The zero-order valence-electron chi connectivity index (χ0n) is 21.9. The molecule has 0 radical (unpaired) electrons. The number of ketones is 1. The molecule has 1 saturated carbocycles. The van der Waals surface area contributed by atoms with Crippen LogP contribution in [0.1, 0.15) is 60.2 Å². The number of amides is 2. The van der Waals surface area contributed by atoms with Gasteiger partial charge in [-0.1, -0.05) is 37.5 Å². The minimum atomic E-state index is -4.72. The van der Waals surface area contributed by atoms with Crippen LogP contribution in [-0.4, -0.2) is 42.3 Å². The van der Waals surface area contributed by atoms with E-state index in [4.69, 9.17) is 4.42 Å². The molecule has 1 saturated heterocycles. The van der Waals surface area contributed by atoms with Gasteiger partial charge < -0.3 is 20.0 Å². The molecule has 0 spiro atoms. The number of hydrogen-bond acceptors (Lipinski definition) is 5. The number of aryl methyl sites for hydroxylation is 1. The molecule has 40 heavy (non-hydrogen) atoms. The minimum Gasteiger partial charge on any atom is -0.451 e. The van der Waals surface area contributed by atoms with Crippen molar-refractivity contribution in [1.29, 1.82) is 0 Å². The Bertz CT molecular complexity index is 1460.